The summed E-state index contributed by atoms with van der Waals surface area (Å²) in [7, 11) is 1.71. The summed E-state index contributed by atoms with van der Waals surface area (Å²) in [5, 5.41) is 0. The predicted octanol–water partition coefficient (Wildman–Crippen LogP) is 4.25. The summed E-state index contributed by atoms with van der Waals surface area (Å²) in [6.45, 7) is 5.77. The van der Waals surface area contributed by atoms with E-state index < -0.39 is 0 Å². The molecule has 0 unspecified atom stereocenters. The molecule has 2 aromatic carbocycles. The van der Waals surface area contributed by atoms with Gasteiger partial charge in [-0.3, -0.25) is 4.90 Å². The molecule has 1 aliphatic heterocycles. The van der Waals surface area contributed by atoms with E-state index in [0.29, 0.717) is 5.41 Å². The summed E-state index contributed by atoms with van der Waals surface area (Å²) in [5.41, 5.74) is 3.18. The van der Waals surface area contributed by atoms with E-state index in [0.717, 1.165) is 25.4 Å². The maximum absolute atomic E-state index is 5.22. The summed E-state index contributed by atoms with van der Waals surface area (Å²) in [6, 6.07) is 19.4. The summed E-state index contributed by atoms with van der Waals surface area (Å²) in [4.78, 5) is 2.56. The third-order valence-corrected chi connectivity index (χ3v) is 5.00. The van der Waals surface area contributed by atoms with E-state index in [1.165, 1.54) is 24.0 Å². The van der Waals surface area contributed by atoms with Gasteiger partial charge in [-0.2, -0.15) is 0 Å². The van der Waals surface area contributed by atoms with Crippen LogP contribution in [0.3, 0.4) is 0 Å². The fraction of sp³-hybridized carbons (Fsp3) is 0.400. The van der Waals surface area contributed by atoms with E-state index in [4.69, 9.17) is 4.74 Å². The Kier molecular flexibility index (Phi) is 4.49. The van der Waals surface area contributed by atoms with Crippen molar-refractivity contribution in [3.05, 3.63) is 65.7 Å². The van der Waals surface area contributed by atoms with E-state index in [2.05, 4.69) is 54.3 Å². The molecule has 22 heavy (non-hydrogen) atoms. The van der Waals surface area contributed by atoms with E-state index in [-0.39, 0.29) is 0 Å². The van der Waals surface area contributed by atoms with Crippen molar-refractivity contribution in [2.45, 2.75) is 31.7 Å². The molecule has 0 radical (unpaired) electrons. The molecule has 0 spiro atoms. The lowest BCUT2D eigenvalue weighted by molar-refractivity contribution is 0.162. The molecule has 1 aliphatic rings. The monoisotopic (exact) mass is 295 g/mol. The van der Waals surface area contributed by atoms with Gasteiger partial charge in [0.25, 0.3) is 0 Å². The van der Waals surface area contributed by atoms with Crippen molar-refractivity contribution >= 4 is 0 Å². The van der Waals surface area contributed by atoms with Crippen LogP contribution in [0.1, 0.15) is 30.9 Å². The van der Waals surface area contributed by atoms with Crippen LogP contribution in [0.4, 0.5) is 0 Å². The topological polar surface area (TPSA) is 12.5 Å². The lowest BCUT2D eigenvalue weighted by Crippen LogP contribution is -2.40. The third-order valence-electron chi connectivity index (χ3n) is 5.00. The van der Waals surface area contributed by atoms with Gasteiger partial charge in [-0.25, -0.2) is 0 Å². The number of likely N-dealkylation sites (tertiary alicyclic amines) is 1. The first-order valence-electron chi connectivity index (χ1n) is 8.10. The van der Waals surface area contributed by atoms with E-state index in [1.807, 2.05) is 12.1 Å². The van der Waals surface area contributed by atoms with Gasteiger partial charge in [-0.1, -0.05) is 49.4 Å². The second-order valence-corrected chi connectivity index (χ2v) is 6.55. The van der Waals surface area contributed by atoms with E-state index in [9.17, 15) is 0 Å². The fourth-order valence-corrected chi connectivity index (χ4v) is 3.32. The first-order chi connectivity index (χ1) is 10.7. The molecule has 0 bridgehead atoms. The van der Waals surface area contributed by atoms with Crippen molar-refractivity contribution in [1.29, 1.82) is 0 Å². The van der Waals surface area contributed by atoms with Gasteiger partial charge in [0, 0.05) is 6.54 Å². The van der Waals surface area contributed by atoms with Crippen LogP contribution >= 0.6 is 0 Å². The molecular formula is C20H25NO. The lowest BCUT2D eigenvalue weighted by atomic mass is 9.74. The Hall–Kier alpha value is -1.80. The van der Waals surface area contributed by atoms with Crippen molar-refractivity contribution in [3.8, 4) is 5.75 Å². The maximum atomic E-state index is 5.22. The first kappa shape index (κ1) is 15.1. The molecule has 3 rings (SSSR count). The van der Waals surface area contributed by atoms with Gasteiger partial charge in [0.2, 0.25) is 0 Å². The van der Waals surface area contributed by atoms with Gasteiger partial charge in [0.05, 0.1) is 7.11 Å². The summed E-state index contributed by atoms with van der Waals surface area (Å²) < 4.78 is 5.22. The molecule has 1 saturated heterocycles. The van der Waals surface area contributed by atoms with Gasteiger partial charge in [-0.05, 0) is 54.6 Å². The Morgan fingerprint density at radius 1 is 0.955 bits per heavy atom. The molecule has 0 saturated carbocycles. The standard InChI is InChI=1S/C20H25NO/c1-20(18-6-4-3-5-7-18)12-14-21(15-13-20)16-17-8-10-19(22-2)11-9-17/h3-11H,12-16H2,1-2H3. The molecule has 0 N–H and O–H groups in total. The molecule has 0 amide bonds. The van der Waals surface area contributed by atoms with Crippen LogP contribution in [-0.2, 0) is 12.0 Å². The molecular weight excluding hydrogens is 270 g/mol. The van der Waals surface area contributed by atoms with Gasteiger partial charge < -0.3 is 4.74 Å². The molecule has 0 aliphatic carbocycles. The number of hydrogen-bond donors (Lipinski definition) is 0. The normalized spacial score (nSPS) is 18.1. The zero-order valence-electron chi connectivity index (χ0n) is 13.6. The number of nitrogens with zero attached hydrogens (tertiary/aromatic N) is 1. The third kappa shape index (κ3) is 3.33. The van der Waals surface area contributed by atoms with Crippen molar-refractivity contribution < 1.29 is 4.74 Å². The second kappa shape index (κ2) is 6.53. The average Bonchev–Trinajstić information content (AvgIpc) is 2.59. The SMILES string of the molecule is COc1ccc(CN2CCC(C)(c3ccccc3)CC2)cc1. The number of ether oxygens (including phenoxy) is 1. The number of rotatable bonds is 4. The highest BCUT2D eigenvalue weighted by Crippen LogP contribution is 2.35. The Bertz CT molecular complexity index is 583. The highest BCUT2D eigenvalue weighted by atomic mass is 16.5. The van der Waals surface area contributed by atoms with Crippen LogP contribution in [0.15, 0.2) is 54.6 Å². The maximum Gasteiger partial charge on any atom is 0.118 e. The Morgan fingerprint density at radius 3 is 2.18 bits per heavy atom. The average molecular weight is 295 g/mol. The number of methoxy groups -OCH3 is 1. The molecule has 116 valence electrons. The minimum absolute atomic E-state index is 0.331. The number of hydrogen-bond acceptors (Lipinski definition) is 2. The zero-order chi connectivity index (χ0) is 15.4. The van der Waals surface area contributed by atoms with Crippen LogP contribution in [0, 0.1) is 0 Å². The minimum atomic E-state index is 0.331. The van der Waals surface area contributed by atoms with Crippen molar-refractivity contribution in [2.75, 3.05) is 20.2 Å². The van der Waals surface area contributed by atoms with Crippen LogP contribution in [-0.4, -0.2) is 25.1 Å². The largest absolute Gasteiger partial charge is 0.497 e. The Labute approximate surface area is 133 Å². The zero-order valence-corrected chi connectivity index (χ0v) is 13.6. The molecule has 2 aromatic rings. The fourth-order valence-electron chi connectivity index (χ4n) is 3.32. The van der Waals surface area contributed by atoms with Crippen molar-refractivity contribution in [2.24, 2.45) is 0 Å². The Balaban J connectivity index is 1.59. The molecule has 1 heterocycles. The summed E-state index contributed by atoms with van der Waals surface area (Å²) in [5.74, 6) is 0.930. The number of benzene rings is 2. The van der Waals surface area contributed by atoms with Gasteiger partial charge in [0.1, 0.15) is 5.75 Å². The lowest BCUT2D eigenvalue weighted by Gasteiger charge is -2.40. The van der Waals surface area contributed by atoms with Gasteiger partial charge >= 0.3 is 0 Å². The molecule has 2 heteroatoms. The van der Waals surface area contributed by atoms with Crippen molar-refractivity contribution in [1.82, 2.24) is 4.90 Å². The summed E-state index contributed by atoms with van der Waals surface area (Å²) in [6.07, 6.45) is 2.46. The van der Waals surface area contributed by atoms with Crippen LogP contribution < -0.4 is 4.74 Å². The Morgan fingerprint density at radius 2 is 1.59 bits per heavy atom. The highest BCUT2D eigenvalue weighted by Gasteiger charge is 2.31. The van der Waals surface area contributed by atoms with Crippen molar-refractivity contribution in [3.63, 3.8) is 0 Å². The molecule has 0 aromatic heterocycles. The predicted molar refractivity (Wildman–Crippen MR) is 91.3 cm³/mol. The molecule has 2 nitrogen and oxygen atoms in total. The first-order valence-corrected chi connectivity index (χ1v) is 8.10. The van der Waals surface area contributed by atoms with E-state index in [1.54, 1.807) is 7.11 Å². The van der Waals surface area contributed by atoms with Gasteiger partial charge in [-0.15, -0.1) is 0 Å². The highest BCUT2D eigenvalue weighted by molar-refractivity contribution is 5.28. The number of piperidine rings is 1. The molecule has 1 fully saturated rings. The smallest absolute Gasteiger partial charge is 0.118 e. The van der Waals surface area contributed by atoms with Crippen LogP contribution in [0.25, 0.3) is 0 Å². The quantitative estimate of drug-likeness (QED) is 0.836. The van der Waals surface area contributed by atoms with Crippen LogP contribution in [0.2, 0.25) is 0 Å². The minimum Gasteiger partial charge on any atom is -0.497 e. The molecule has 0 atom stereocenters. The van der Waals surface area contributed by atoms with E-state index >= 15 is 0 Å². The summed E-state index contributed by atoms with van der Waals surface area (Å²) >= 11 is 0. The van der Waals surface area contributed by atoms with Gasteiger partial charge in [0.15, 0.2) is 0 Å². The van der Waals surface area contributed by atoms with Crippen LogP contribution in [0.5, 0.6) is 5.75 Å². The second-order valence-electron chi connectivity index (χ2n) is 6.55.